The van der Waals surface area contributed by atoms with Gasteiger partial charge in [-0.15, -0.1) is 11.3 Å². The lowest BCUT2D eigenvalue weighted by Gasteiger charge is -2.33. The van der Waals surface area contributed by atoms with Gasteiger partial charge in [-0.1, -0.05) is 0 Å². The zero-order chi connectivity index (χ0) is 19.4. The Morgan fingerprint density at radius 3 is 2.41 bits per heavy atom. The molecule has 8 heteroatoms. The molecule has 1 aliphatic heterocycles. The highest BCUT2D eigenvalue weighted by Crippen LogP contribution is 2.28. The molecule has 0 aromatic carbocycles. The zero-order valence-corrected chi connectivity index (χ0v) is 16.8. The second kappa shape index (κ2) is 8.56. The van der Waals surface area contributed by atoms with Gasteiger partial charge in [0.1, 0.15) is 4.88 Å². The number of hydrogen-bond donors (Lipinski definition) is 0. The Balaban J connectivity index is 1.66. The van der Waals surface area contributed by atoms with Crippen molar-refractivity contribution in [2.45, 2.75) is 33.6 Å². The van der Waals surface area contributed by atoms with E-state index < -0.39 is 0 Å². The third kappa shape index (κ3) is 4.16. The molecule has 2 aromatic rings. The Labute approximate surface area is 163 Å². The summed E-state index contributed by atoms with van der Waals surface area (Å²) in [7, 11) is 0. The molecule has 0 atom stereocenters. The van der Waals surface area contributed by atoms with E-state index >= 15 is 0 Å². The van der Waals surface area contributed by atoms with Crippen molar-refractivity contribution >= 4 is 23.2 Å². The SMILES string of the molecule is CCN(CC)C(=O)C1CCN(C(=O)c2sc(-c3ncccn3)nc2C)CC1. The van der Waals surface area contributed by atoms with Crippen LogP contribution in [0.4, 0.5) is 0 Å². The first-order valence-electron chi connectivity index (χ1n) is 9.38. The zero-order valence-electron chi connectivity index (χ0n) is 16.0. The number of rotatable bonds is 5. The molecule has 27 heavy (non-hydrogen) atoms. The highest BCUT2D eigenvalue weighted by atomic mass is 32.1. The van der Waals surface area contributed by atoms with Gasteiger partial charge < -0.3 is 9.80 Å². The molecule has 0 aliphatic carbocycles. The minimum Gasteiger partial charge on any atom is -0.343 e. The minimum absolute atomic E-state index is 0.0130. The summed E-state index contributed by atoms with van der Waals surface area (Å²) in [5.41, 5.74) is 0.703. The summed E-state index contributed by atoms with van der Waals surface area (Å²) in [6, 6.07) is 1.75. The van der Waals surface area contributed by atoms with E-state index in [0.29, 0.717) is 47.3 Å². The largest absolute Gasteiger partial charge is 0.343 e. The fraction of sp³-hybridized carbons (Fsp3) is 0.526. The Kier molecular flexibility index (Phi) is 6.15. The maximum absolute atomic E-state index is 12.9. The van der Waals surface area contributed by atoms with Crippen LogP contribution in [0.1, 0.15) is 42.1 Å². The summed E-state index contributed by atoms with van der Waals surface area (Å²) in [4.78, 5) is 42.7. The third-order valence-electron chi connectivity index (χ3n) is 4.95. The van der Waals surface area contributed by atoms with Gasteiger partial charge >= 0.3 is 0 Å². The molecule has 0 bridgehead atoms. The number of aromatic nitrogens is 3. The van der Waals surface area contributed by atoms with Crippen LogP contribution in [0.5, 0.6) is 0 Å². The van der Waals surface area contributed by atoms with E-state index in [4.69, 9.17) is 0 Å². The summed E-state index contributed by atoms with van der Waals surface area (Å²) in [6.07, 6.45) is 4.76. The smallest absolute Gasteiger partial charge is 0.265 e. The van der Waals surface area contributed by atoms with Gasteiger partial charge in [0.15, 0.2) is 10.8 Å². The number of piperidine rings is 1. The lowest BCUT2D eigenvalue weighted by Crippen LogP contribution is -2.44. The Bertz CT molecular complexity index is 796. The molecule has 2 amide bonds. The number of hydrogen-bond acceptors (Lipinski definition) is 6. The maximum atomic E-state index is 12.9. The summed E-state index contributed by atoms with van der Waals surface area (Å²) < 4.78 is 0. The van der Waals surface area contributed by atoms with Crippen molar-refractivity contribution in [2.75, 3.05) is 26.2 Å². The van der Waals surface area contributed by atoms with Crippen molar-refractivity contribution < 1.29 is 9.59 Å². The number of carbonyl (C=O) groups is 2. The lowest BCUT2D eigenvalue weighted by molar-refractivity contribution is -0.136. The highest BCUT2D eigenvalue weighted by Gasteiger charge is 2.31. The number of nitrogens with zero attached hydrogens (tertiary/aromatic N) is 5. The number of likely N-dealkylation sites (tertiary alicyclic amines) is 1. The summed E-state index contributed by atoms with van der Waals surface area (Å²) in [6.45, 7) is 8.52. The van der Waals surface area contributed by atoms with E-state index in [1.165, 1.54) is 11.3 Å². The van der Waals surface area contributed by atoms with Crippen LogP contribution in [0.3, 0.4) is 0 Å². The lowest BCUT2D eigenvalue weighted by atomic mass is 9.95. The van der Waals surface area contributed by atoms with Crippen LogP contribution in [0.25, 0.3) is 10.8 Å². The van der Waals surface area contributed by atoms with Crippen LogP contribution >= 0.6 is 11.3 Å². The van der Waals surface area contributed by atoms with E-state index in [1.807, 2.05) is 30.6 Å². The maximum Gasteiger partial charge on any atom is 0.265 e. The van der Waals surface area contributed by atoms with Gasteiger partial charge in [0.05, 0.1) is 5.69 Å². The molecule has 0 spiro atoms. The first-order chi connectivity index (χ1) is 13.0. The molecule has 144 valence electrons. The summed E-state index contributed by atoms with van der Waals surface area (Å²) in [5.74, 6) is 0.753. The van der Waals surface area contributed by atoms with Gasteiger partial charge in [0.25, 0.3) is 5.91 Å². The first-order valence-corrected chi connectivity index (χ1v) is 10.2. The van der Waals surface area contributed by atoms with E-state index in [9.17, 15) is 9.59 Å². The van der Waals surface area contributed by atoms with Crippen LogP contribution < -0.4 is 0 Å². The number of carbonyl (C=O) groups excluding carboxylic acids is 2. The fourth-order valence-corrected chi connectivity index (χ4v) is 4.35. The van der Waals surface area contributed by atoms with Gasteiger partial charge in [-0.25, -0.2) is 15.0 Å². The molecule has 3 rings (SSSR count). The highest BCUT2D eigenvalue weighted by molar-refractivity contribution is 7.17. The molecule has 0 radical (unpaired) electrons. The Morgan fingerprint density at radius 2 is 1.81 bits per heavy atom. The van der Waals surface area contributed by atoms with Crippen molar-refractivity contribution in [2.24, 2.45) is 5.92 Å². The molecule has 0 saturated carbocycles. The van der Waals surface area contributed by atoms with E-state index in [-0.39, 0.29) is 17.7 Å². The van der Waals surface area contributed by atoms with Crippen LogP contribution in [0, 0.1) is 12.8 Å². The van der Waals surface area contributed by atoms with Crippen LogP contribution in [-0.2, 0) is 4.79 Å². The predicted molar refractivity (Wildman–Crippen MR) is 104 cm³/mol. The first kappa shape index (κ1) is 19.4. The molecular weight excluding hydrogens is 362 g/mol. The molecule has 3 heterocycles. The second-order valence-corrected chi connectivity index (χ2v) is 7.58. The average Bonchev–Trinajstić information content (AvgIpc) is 3.10. The summed E-state index contributed by atoms with van der Waals surface area (Å²) in [5, 5.41) is 0.656. The molecular formula is C19H25N5O2S. The number of thiazole rings is 1. The van der Waals surface area contributed by atoms with E-state index in [1.54, 1.807) is 18.5 Å². The van der Waals surface area contributed by atoms with Crippen LogP contribution in [-0.4, -0.2) is 62.7 Å². The Morgan fingerprint density at radius 1 is 1.19 bits per heavy atom. The molecule has 0 N–H and O–H groups in total. The van der Waals surface area contributed by atoms with Crippen molar-refractivity contribution in [3.63, 3.8) is 0 Å². The van der Waals surface area contributed by atoms with Crippen molar-refractivity contribution in [3.8, 4) is 10.8 Å². The Hall–Kier alpha value is -2.35. The van der Waals surface area contributed by atoms with Gasteiger partial charge in [-0.2, -0.15) is 0 Å². The topological polar surface area (TPSA) is 79.3 Å². The predicted octanol–water partition coefficient (Wildman–Crippen LogP) is 2.63. The average molecular weight is 388 g/mol. The van der Waals surface area contributed by atoms with Gasteiger partial charge in [-0.05, 0) is 39.7 Å². The van der Waals surface area contributed by atoms with Crippen LogP contribution in [0.15, 0.2) is 18.5 Å². The van der Waals surface area contributed by atoms with Crippen molar-refractivity contribution in [1.29, 1.82) is 0 Å². The minimum atomic E-state index is -0.0130. The second-order valence-electron chi connectivity index (χ2n) is 6.58. The number of amides is 2. The van der Waals surface area contributed by atoms with E-state index in [2.05, 4.69) is 15.0 Å². The van der Waals surface area contributed by atoms with Gasteiger partial charge in [0.2, 0.25) is 5.91 Å². The standard InChI is InChI=1S/C19H25N5O2S/c1-4-23(5-2)18(25)14-7-11-24(12-8-14)19(26)15-13(3)22-17(27-15)16-20-9-6-10-21-16/h6,9-10,14H,4-5,7-8,11-12H2,1-3H3. The molecule has 1 saturated heterocycles. The molecule has 0 unspecified atom stereocenters. The van der Waals surface area contributed by atoms with E-state index in [0.717, 1.165) is 13.1 Å². The van der Waals surface area contributed by atoms with Crippen molar-refractivity contribution in [3.05, 3.63) is 29.0 Å². The van der Waals surface area contributed by atoms with Gasteiger partial charge in [0, 0.05) is 44.5 Å². The molecule has 1 aliphatic rings. The quantitative estimate of drug-likeness (QED) is 0.788. The monoisotopic (exact) mass is 387 g/mol. The number of aryl methyl sites for hydroxylation is 1. The van der Waals surface area contributed by atoms with Crippen LogP contribution in [0.2, 0.25) is 0 Å². The fourth-order valence-electron chi connectivity index (χ4n) is 3.37. The third-order valence-corrected chi connectivity index (χ3v) is 6.10. The van der Waals surface area contributed by atoms with Crippen molar-refractivity contribution in [1.82, 2.24) is 24.8 Å². The molecule has 7 nitrogen and oxygen atoms in total. The summed E-state index contributed by atoms with van der Waals surface area (Å²) >= 11 is 1.33. The van der Waals surface area contributed by atoms with Gasteiger partial charge in [-0.3, -0.25) is 9.59 Å². The molecule has 2 aromatic heterocycles. The normalized spacial score (nSPS) is 15.0. The molecule has 1 fully saturated rings.